The van der Waals surface area contributed by atoms with Crippen LogP contribution in [0, 0.1) is 17.3 Å². The quantitative estimate of drug-likeness (QED) is 0.301. The second-order valence-electron chi connectivity index (χ2n) is 15.9. The number of Topliss-reactive ketones (excluding diaryl/α,β-unsaturated/α-hetero) is 1. The molecule has 0 aliphatic carbocycles. The first-order valence-corrected chi connectivity index (χ1v) is 18.4. The smallest absolute Gasteiger partial charge is 0.319 e. The predicted molar refractivity (Wildman–Crippen MR) is 189 cm³/mol. The highest BCUT2D eigenvalue weighted by molar-refractivity contribution is 6.04. The van der Waals surface area contributed by atoms with E-state index in [1.165, 1.54) is 11.3 Å². The number of likely N-dealkylation sites (N-methyl/N-ethyl adjacent to an activating group) is 2. The Balaban J connectivity index is 1.56. The molecule has 0 unspecified atom stereocenters. The Labute approximate surface area is 295 Å². The topological polar surface area (TPSA) is 114 Å². The van der Waals surface area contributed by atoms with E-state index in [0.29, 0.717) is 12.8 Å². The molecule has 49 heavy (non-hydrogen) atoms. The summed E-state index contributed by atoms with van der Waals surface area (Å²) in [5.41, 5.74) is 0.158. The van der Waals surface area contributed by atoms with Crippen LogP contribution < -0.4 is 0 Å². The molecule has 4 heterocycles. The third-order valence-corrected chi connectivity index (χ3v) is 11.3. The summed E-state index contributed by atoms with van der Waals surface area (Å²) in [5, 5.41) is 11.4. The van der Waals surface area contributed by atoms with E-state index in [4.69, 9.17) is 18.9 Å². The molecule has 1 aromatic rings. The second kappa shape index (κ2) is 17.0. The van der Waals surface area contributed by atoms with Gasteiger partial charge in [-0.1, -0.05) is 26.8 Å². The van der Waals surface area contributed by atoms with Crippen molar-refractivity contribution in [1.82, 2.24) is 19.7 Å². The number of carbonyl (C=O) groups excluding carboxylic acids is 2. The lowest BCUT2D eigenvalue weighted by Crippen LogP contribution is -2.59. The third kappa shape index (κ3) is 9.47. The number of nitrogens with zero attached hydrogens (tertiary/aromatic N) is 4. The average molecular weight is 689 g/mol. The molecule has 0 amide bonds. The van der Waals surface area contributed by atoms with Gasteiger partial charge in [0.05, 0.1) is 17.8 Å². The van der Waals surface area contributed by atoms with Gasteiger partial charge in [-0.25, -0.2) is 0 Å². The number of aliphatic hydroxyl groups excluding tert-OH is 1. The number of ketones is 1. The molecule has 0 radical (unpaired) electrons. The Morgan fingerprint density at radius 3 is 2.57 bits per heavy atom. The number of ether oxygens (including phenoxy) is 4. The van der Waals surface area contributed by atoms with E-state index >= 15 is 0 Å². The molecule has 4 rings (SSSR count). The van der Waals surface area contributed by atoms with Crippen LogP contribution in [-0.2, 0) is 41.5 Å². The summed E-state index contributed by atoms with van der Waals surface area (Å²) < 4.78 is 25.2. The van der Waals surface area contributed by atoms with Crippen LogP contribution in [0.25, 0.3) is 0 Å². The molecule has 0 saturated carbocycles. The molecule has 2 saturated heterocycles. The van der Waals surface area contributed by atoms with Crippen molar-refractivity contribution in [2.45, 2.75) is 129 Å². The molecule has 1 aromatic heterocycles. The second-order valence-corrected chi connectivity index (χ2v) is 15.9. The lowest BCUT2D eigenvalue weighted by atomic mass is 9.74. The van der Waals surface area contributed by atoms with Crippen LogP contribution in [0.5, 0.6) is 0 Å². The number of carbonyl (C=O) groups is 2. The number of pyridine rings is 1. The van der Waals surface area contributed by atoms with Gasteiger partial charge in [0.2, 0.25) is 0 Å². The Hall–Kier alpha value is -1.99. The van der Waals surface area contributed by atoms with E-state index in [0.717, 1.165) is 52.0 Å². The van der Waals surface area contributed by atoms with E-state index in [9.17, 15) is 14.7 Å². The molecule has 2 fully saturated rings. The van der Waals surface area contributed by atoms with Gasteiger partial charge in [-0.15, -0.1) is 0 Å². The van der Waals surface area contributed by atoms with Gasteiger partial charge in [0.15, 0.2) is 12.1 Å². The minimum Gasteiger partial charge on any atom is -0.463 e. The van der Waals surface area contributed by atoms with Crippen molar-refractivity contribution in [3.63, 3.8) is 0 Å². The fourth-order valence-electron chi connectivity index (χ4n) is 8.30. The molecular weight excluding hydrogens is 624 g/mol. The van der Waals surface area contributed by atoms with Crippen molar-refractivity contribution in [1.29, 1.82) is 0 Å². The van der Waals surface area contributed by atoms with Gasteiger partial charge in [-0.05, 0) is 98.1 Å². The molecule has 0 spiro atoms. The molecule has 278 valence electrons. The number of aliphatic hydroxyl groups is 1. The molecular formula is C38H64N4O7. The Bertz CT molecular complexity index is 1250. The summed E-state index contributed by atoms with van der Waals surface area (Å²) in [6, 6.07) is 4.01. The van der Waals surface area contributed by atoms with Crippen molar-refractivity contribution in [3.05, 3.63) is 29.6 Å². The lowest BCUT2D eigenvalue weighted by molar-refractivity contribution is -0.295. The fourth-order valence-corrected chi connectivity index (χ4v) is 8.30. The Morgan fingerprint density at radius 1 is 1.16 bits per heavy atom. The molecule has 9 atom stereocenters. The Morgan fingerprint density at radius 2 is 1.90 bits per heavy atom. The maximum atomic E-state index is 14.3. The average Bonchev–Trinajstić information content (AvgIpc) is 3.07. The molecule has 3 aliphatic rings. The van der Waals surface area contributed by atoms with Crippen molar-refractivity contribution >= 4 is 11.8 Å². The van der Waals surface area contributed by atoms with E-state index in [1.54, 1.807) is 27.9 Å². The standard InChI is InChI=1S/C38H64N4O7/c1-11-42-22-25(2)21-38(7,46-10)34(49-35-32(43)31(40(8)9)20-26(3)48-35)27(4)33(44)37(5,6)36(45)47-24-29(42)15-13-18-41-19-16-30-28(23-41)14-12-17-39-30/h12,14,17,25-27,29,31-32,34-35,43H,11,13,15-16,18-24H2,1-10H3/t25-,26-,27+,29+,31+,32-,34-,35+,38-/m1/s1. The molecule has 0 bridgehead atoms. The molecule has 1 N–H and O–H groups in total. The van der Waals surface area contributed by atoms with Crippen LogP contribution in [-0.4, -0.2) is 133 Å². The number of hydrogen-bond donors (Lipinski definition) is 1. The number of rotatable bonds is 9. The molecule has 11 heteroatoms. The highest BCUT2D eigenvalue weighted by Crippen LogP contribution is 2.38. The number of fused-ring (bicyclic) bond motifs is 1. The van der Waals surface area contributed by atoms with Crippen molar-refractivity contribution in [2.24, 2.45) is 17.3 Å². The van der Waals surface area contributed by atoms with Gasteiger partial charge in [0.1, 0.15) is 18.1 Å². The fraction of sp³-hybridized carbons (Fsp3) is 0.816. The number of hydrogen-bond acceptors (Lipinski definition) is 11. The van der Waals surface area contributed by atoms with Gasteiger partial charge >= 0.3 is 5.97 Å². The molecule has 11 nitrogen and oxygen atoms in total. The molecule has 0 aromatic carbocycles. The van der Waals surface area contributed by atoms with Gasteiger partial charge in [-0.2, -0.15) is 0 Å². The summed E-state index contributed by atoms with van der Waals surface area (Å²) in [7, 11) is 5.51. The monoisotopic (exact) mass is 688 g/mol. The first-order valence-electron chi connectivity index (χ1n) is 18.4. The minimum absolute atomic E-state index is 0.00955. The van der Waals surface area contributed by atoms with Crippen LogP contribution in [0.15, 0.2) is 18.3 Å². The predicted octanol–water partition coefficient (Wildman–Crippen LogP) is 3.94. The number of cyclic esters (lactones) is 1. The van der Waals surface area contributed by atoms with Gasteiger partial charge in [-0.3, -0.25) is 24.4 Å². The normalized spacial score (nSPS) is 35.6. The summed E-state index contributed by atoms with van der Waals surface area (Å²) in [6.07, 6.45) is 3.06. The number of esters is 1. The zero-order valence-corrected chi connectivity index (χ0v) is 31.8. The zero-order valence-electron chi connectivity index (χ0n) is 31.8. The van der Waals surface area contributed by atoms with E-state index in [-0.39, 0.29) is 36.5 Å². The highest BCUT2D eigenvalue weighted by Gasteiger charge is 2.51. The SMILES string of the molecule is CCN1C[C@H](C)C[C@@](C)(OC)[C@H](O[C@@H]2O[C@H](C)C[C@H](N(C)C)[C@H]2O)[C@@H](C)C(=O)C(C)(C)C(=O)OC[C@@H]1CCCN1CCc2ncccc2C1. The van der Waals surface area contributed by atoms with Crippen molar-refractivity contribution < 1.29 is 33.6 Å². The van der Waals surface area contributed by atoms with Crippen LogP contribution in [0.2, 0.25) is 0 Å². The summed E-state index contributed by atoms with van der Waals surface area (Å²) in [5.74, 6) is -1.42. The van der Waals surface area contributed by atoms with Crippen LogP contribution in [0.3, 0.4) is 0 Å². The van der Waals surface area contributed by atoms with Gasteiger partial charge < -0.3 is 29.0 Å². The van der Waals surface area contributed by atoms with E-state index in [1.807, 2.05) is 45.1 Å². The maximum absolute atomic E-state index is 14.3. The largest absolute Gasteiger partial charge is 0.463 e. The first kappa shape index (κ1) is 39.8. The van der Waals surface area contributed by atoms with Crippen molar-refractivity contribution in [2.75, 3.05) is 54.0 Å². The lowest BCUT2D eigenvalue weighted by Gasteiger charge is -2.47. The number of aromatic nitrogens is 1. The summed E-state index contributed by atoms with van der Waals surface area (Å²) in [6.45, 7) is 18.0. The maximum Gasteiger partial charge on any atom is 0.319 e. The van der Waals surface area contributed by atoms with Gasteiger partial charge in [0, 0.05) is 63.1 Å². The first-order chi connectivity index (χ1) is 23.1. The number of methoxy groups -OCH3 is 1. The molecule has 3 aliphatic heterocycles. The highest BCUT2D eigenvalue weighted by atomic mass is 16.7. The summed E-state index contributed by atoms with van der Waals surface area (Å²) in [4.78, 5) is 39.5. The Kier molecular flexibility index (Phi) is 13.8. The van der Waals surface area contributed by atoms with Crippen LogP contribution >= 0.6 is 0 Å². The van der Waals surface area contributed by atoms with Crippen molar-refractivity contribution in [3.8, 4) is 0 Å². The zero-order chi connectivity index (χ0) is 36.1. The minimum atomic E-state index is -1.42. The van der Waals surface area contributed by atoms with E-state index in [2.05, 4.69) is 34.7 Å². The third-order valence-electron chi connectivity index (χ3n) is 11.3. The van der Waals surface area contributed by atoms with E-state index < -0.39 is 41.4 Å². The summed E-state index contributed by atoms with van der Waals surface area (Å²) >= 11 is 0. The van der Waals surface area contributed by atoms with Crippen LogP contribution in [0.1, 0.15) is 85.4 Å². The van der Waals surface area contributed by atoms with Gasteiger partial charge in [0.25, 0.3) is 0 Å². The van der Waals surface area contributed by atoms with Crippen LogP contribution in [0.4, 0.5) is 0 Å².